The van der Waals surface area contributed by atoms with Gasteiger partial charge in [-0.15, -0.1) is 11.6 Å². The van der Waals surface area contributed by atoms with Gasteiger partial charge in [0.15, 0.2) is 0 Å². The normalized spacial score (nSPS) is 12.5. The number of hydrogen-bond acceptors (Lipinski definition) is 2. The van der Waals surface area contributed by atoms with Gasteiger partial charge in [-0.1, -0.05) is 15.9 Å². The maximum absolute atomic E-state index is 9.09. The van der Waals surface area contributed by atoms with Crippen molar-refractivity contribution in [3.05, 3.63) is 28.7 Å². The minimum absolute atomic E-state index is 0.177. The molecule has 4 heteroatoms. The van der Waals surface area contributed by atoms with Crippen molar-refractivity contribution in [2.75, 3.05) is 12.5 Å². The van der Waals surface area contributed by atoms with E-state index in [4.69, 9.17) is 21.4 Å². The summed E-state index contributed by atoms with van der Waals surface area (Å²) in [5.74, 6) is 0.781. The third-order valence-electron chi connectivity index (χ3n) is 1.36. The Labute approximate surface area is 90.6 Å². The maximum Gasteiger partial charge on any atom is 0.127 e. The molecule has 1 N–H and O–H groups in total. The molecule has 71 valence electrons. The van der Waals surface area contributed by atoms with Crippen LogP contribution in [0.1, 0.15) is 0 Å². The summed E-state index contributed by atoms with van der Waals surface area (Å²) < 4.78 is 6.15. The molecule has 0 amide bonds. The van der Waals surface area contributed by atoms with Crippen LogP contribution >= 0.6 is 27.5 Å². The molecule has 0 spiro atoms. The minimum atomic E-state index is -0.626. The molecule has 2 nitrogen and oxygen atoms in total. The van der Waals surface area contributed by atoms with E-state index >= 15 is 0 Å². The van der Waals surface area contributed by atoms with Crippen LogP contribution in [0.2, 0.25) is 0 Å². The zero-order valence-corrected chi connectivity index (χ0v) is 9.18. The Morgan fingerprint density at radius 1 is 1.62 bits per heavy atom. The van der Waals surface area contributed by atoms with Gasteiger partial charge in [-0.05, 0) is 18.2 Å². The Balaban J connectivity index is 2.41. The van der Waals surface area contributed by atoms with Crippen LogP contribution in [-0.2, 0) is 0 Å². The van der Waals surface area contributed by atoms with Crippen LogP contribution in [0.25, 0.3) is 0 Å². The van der Waals surface area contributed by atoms with E-state index in [-0.39, 0.29) is 12.5 Å². The second-order valence-corrected chi connectivity index (χ2v) is 3.71. The molecule has 0 saturated heterocycles. The van der Waals surface area contributed by atoms with Crippen molar-refractivity contribution in [2.45, 2.75) is 6.10 Å². The molecule has 0 aromatic heterocycles. The highest BCUT2D eigenvalue weighted by Crippen LogP contribution is 2.15. The predicted molar refractivity (Wildman–Crippen MR) is 55.2 cm³/mol. The molecular formula is C9H9BrClO2. The molecule has 1 radical (unpaired) electrons. The van der Waals surface area contributed by atoms with Gasteiger partial charge in [0, 0.05) is 10.5 Å². The van der Waals surface area contributed by atoms with E-state index in [2.05, 4.69) is 22.0 Å². The van der Waals surface area contributed by atoms with E-state index < -0.39 is 6.10 Å². The third kappa shape index (κ3) is 3.98. The number of benzene rings is 1. The first-order valence-electron chi connectivity index (χ1n) is 3.76. The van der Waals surface area contributed by atoms with Crippen molar-refractivity contribution in [1.82, 2.24) is 0 Å². The van der Waals surface area contributed by atoms with Crippen molar-refractivity contribution in [3.63, 3.8) is 0 Å². The van der Waals surface area contributed by atoms with Gasteiger partial charge >= 0.3 is 0 Å². The highest BCUT2D eigenvalue weighted by atomic mass is 79.9. The number of halogens is 2. The second kappa shape index (κ2) is 5.47. The highest BCUT2D eigenvalue weighted by Gasteiger charge is 2.02. The van der Waals surface area contributed by atoms with E-state index in [1.54, 1.807) is 12.1 Å². The molecule has 0 heterocycles. The van der Waals surface area contributed by atoms with E-state index in [0.717, 1.165) is 4.47 Å². The number of alkyl halides is 1. The van der Waals surface area contributed by atoms with Gasteiger partial charge in [-0.25, -0.2) is 0 Å². The van der Waals surface area contributed by atoms with Crippen LogP contribution in [0.4, 0.5) is 0 Å². The summed E-state index contributed by atoms with van der Waals surface area (Å²) in [5.41, 5.74) is 0. The van der Waals surface area contributed by atoms with Crippen LogP contribution < -0.4 is 4.74 Å². The molecule has 0 aliphatic heterocycles. The Kier molecular flexibility index (Phi) is 4.56. The fourth-order valence-corrected chi connectivity index (χ4v) is 1.05. The Bertz CT molecular complexity index is 250. The number of aliphatic hydroxyl groups excluding tert-OH is 1. The molecule has 13 heavy (non-hydrogen) atoms. The summed E-state index contributed by atoms with van der Waals surface area (Å²) in [4.78, 5) is 0. The molecule has 0 bridgehead atoms. The van der Waals surface area contributed by atoms with Gasteiger partial charge in [-0.2, -0.15) is 0 Å². The Morgan fingerprint density at radius 2 is 2.38 bits per heavy atom. The number of hydrogen-bond donors (Lipinski definition) is 1. The van der Waals surface area contributed by atoms with E-state index in [9.17, 15) is 0 Å². The molecule has 1 atom stereocenters. The van der Waals surface area contributed by atoms with Gasteiger partial charge in [0.1, 0.15) is 18.5 Å². The number of ether oxygens (including phenoxy) is 1. The van der Waals surface area contributed by atoms with Crippen LogP contribution in [0, 0.1) is 6.07 Å². The van der Waals surface area contributed by atoms with Crippen molar-refractivity contribution in [3.8, 4) is 5.75 Å². The summed E-state index contributed by atoms with van der Waals surface area (Å²) in [6, 6.07) is 8.26. The first kappa shape index (κ1) is 10.8. The lowest BCUT2D eigenvalue weighted by Crippen LogP contribution is -2.18. The number of rotatable bonds is 4. The lowest BCUT2D eigenvalue weighted by molar-refractivity contribution is 0.125. The quantitative estimate of drug-likeness (QED) is 0.845. The summed E-state index contributed by atoms with van der Waals surface area (Å²) in [6.07, 6.45) is -0.626. The van der Waals surface area contributed by atoms with Gasteiger partial charge in [0.2, 0.25) is 0 Å². The molecule has 1 rings (SSSR count). The predicted octanol–water partition coefficient (Wildman–Crippen LogP) is 2.23. The monoisotopic (exact) mass is 263 g/mol. The lowest BCUT2D eigenvalue weighted by atomic mass is 10.3. The first-order valence-corrected chi connectivity index (χ1v) is 5.09. The van der Waals surface area contributed by atoms with Crippen LogP contribution in [-0.4, -0.2) is 23.7 Å². The Morgan fingerprint density at radius 3 is 2.92 bits per heavy atom. The van der Waals surface area contributed by atoms with Gasteiger partial charge in [0.05, 0.1) is 5.88 Å². The van der Waals surface area contributed by atoms with Crippen molar-refractivity contribution < 1.29 is 9.84 Å². The van der Waals surface area contributed by atoms with Gasteiger partial charge in [0.25, 0.3) is 0 Å². The largest absolute Gasteiger partial charge is 0.490 e. The van der Waals surface area contributed by atoms with E-state index in [1.165, 1.54) is 0 Å². The van der Waals surface area contributed by atoms with Crippen molar-refractivity contribution >= 4 is 27.5 Å². The summed E-state index contributed by atoms with van der Waals surface area (Å²) in [7, 11) is 0. The maximum atomic E-state index is 9.09. The molecule has 1 aromatic carbocycles. The molecule has 0 fully saturated rings. The third-order valence-corrected chi connectivity index (χ3v) is 2.21. The fourth-order valence-electron chi connectivity index (χ4n) is 0.712. The Hall–Kier alpha value is -0.250. The highest BCUT2D eigenvalue weighted by molar-refractivity contribution is 9.10. The standard InChI is InChI=1S/C9H9BrClO2/c10-7-1-3-9(4-2-7)13-6-8(12)5-11/h1-3,8,12H,5-6H2. The fraction of sp³-hybridized carbons (Fsp3) is 0.333. The topological polar surface area (TPSA) is 29.5 Å². The average Bonchev–Trinajstić information content (AvgIpc) is 2.16. The van der Waals surface area contributed by atoms with E-state index in [0.29, 0.717) is 5.75 Å². The zero-order chi connectivity index (χ0) is 9.68. The first-order chi connectivity index (χ1) is 6.22. The molecule has 0 aliphatic rings. The second-order valence-electron chi connectivity index (χ2n) is 2.49. The SMILES string of the molecule is OC(CCl)COc1[c]cc(Br)cc1. The molecular weight excluding hydrogens is 255 g/mol. The molecule has 0 saturated carbocycles. The lowest BCUT2D eigenvalue weighted by Gasteiger charge is -2.08. The summed E-state index contributed by atoms with van der Waals surface area (Å²) in [6.45, 7) is 0.196. The number of aliphatic hydroxyl groups is 1. The van der Waals surface area contributed by atoms with Gasteiger partial charge < -0.3 is 9.84 Å². The molecule has 1 aromatic rings. The summed E-state index contributed by atoms with van der Waals surface area (Å²) >= 11 is 8.68. The minimum Gasteiger partial charge on any atom is -0.490 e. The smallest absolute Gasteiger partial charge is 0.127 e. The van der Waals surface area contributed by atoms with E-state index in [1.807, 2.05) is 6.07 Å². The zero-order valence-electron chi connectivity index (χ0n) is 6.84. The molecule has 0 aliphatic carbocycles. The average molecular weight is 265 g/mol. The van der Waals surface area contributed by atoms with Gasteiger partial charge in [-0.3, -0.25) is 0 Å². The van der Waals surface area contributed by atoms with Crippen LogP contribution in [0.5, 0.6) is 5.75 Å². The van der Waals surface area contributed by atoms with Crippen molar-refractivity contribution in [1.29, 1.82) is 0 Å². The molecule has 1 unspecified atom stereocenters. The van der Waals surface area contributed by atoms with Crippen molar-refractivity contribution in [2.24, 2.45) is 0 Å². The van der Waals surface area contributed by atoms with Crippen LogP contribution in [0.15, 0.2) is 22.7 Å². The summed E-state index contributed by atoms with van der Waals surface area (Å²) in [5, 5.41) is 9.09. The van der Waals surface area contributed by atoms with Crippen LogP contribution in [0.3, 0.4) is 0 Å².